The van der Waals surface area contributed by atoms with Crippen molar-refractivity contribution in [2.24, 2.45) is 0 Å². The van der Waals surface area contributed by atoms with Crippen LogP contribution < -0.4 is 0 Å². The molecule has 2 unspecified atom stereocenters. The predicted molar refractivity (Wildman–Crippen MR) is 159 cm³/mol. The summed E-state index contributed by atoms with van der Waals surface area (Å²) in [6.07, 6.45) is 23.7. The Morgan fingerprint density at radius 2 is 1.46 bits per heavy atom. The summed E-state index contributed by atoms with van der Waals surface area (Å²) in [5.74, 6) is -1.06. The first-order valence-electron chi connectivity index (χ1n) is 15.9. The number of unbranched alkanes of at least 4 members (excludes halogenated alkanes) is 10. The molecule has 2 aliphatic rings. The van der Waals surface area contributed by atoms with E-state index in [1.165, 1.54) is 70.6 Å². The van der Waals surface area contributed by atoms with Crippen LogP contribution in [0.3, 0.4) is 0 Å². The number of ether oxygens (including phenoxy) is 2. The van der Waals surface area contributed by atoms with Crippen molar-refractivity contribution in [3.05, 3.63) is 48.0 Å². The summed E-state index contributed by atoms with van der Waals surface area (Å²) in [6, 6.07) is 10.6. The molecular formula is C34H53NO4. The third-order valence-electron chi connectivity index (χ3n) is 8.63. The minimum Gasteiger partial charge on any atom is -0.464 e. The Bertz CT molecular complexity index is 840. The molecule has 2 saturated heterocycles. The third-order valence-corrected chi connectivity index (χ3v) is 8.63. The molecule has 3 rings (SSSR count). The number of carbonyl (C=O) groups is 2. The molecule has 5 nitrogen and oxygen atoms in total. The number of carbonyl (C=O) groups excluding carboxylic acids is 2. The number of benzene rings is 1. The standard InChI is InChI=1S/C34H53NO4/c1-3-4-5-6-7-8-9-10-11-12-13-14-15-19-22-33(36)38-27-32(28-20-17-16-18-21-28)34(37)39-31-25-29-23-24-30(26-31)35(29)2/h7-8,16-18,20-21,29-32H,3-6,9-15,19,22-27H2,1-2H3/b8-7+/t29-,30+,31?,32?. The molecule has 0 aromatic heterocycles. The van der Waals surface area contributed by atoms with Gasteiger partial charge in [0.1, 0.15) is 18.6 Å². The fourth-order valence-electron chi connectivity index (χ4n) is 6.10. The maximum absolute atomic E-state index is 13.2. The van der Waals surface area contributed by atoms with Gasteiger partial charge < -0.3 is 14.4 Å². The van der Waals surface area contributed by atoms with E-state index in [1.54, 1.807) is 0 Å². The highest BCUT2D eigenvalue weighted by molar-refractivity contribution is 5.79. The van der Waals surface area contributed by atoms with Crippen LogP contribution in [0.1, 0.15) is 128 Å². The maximum Gasteiger partial charge on any atom is 0.317 e. The molecule has 0 saturated carbocycles. The van der Waals surface area contributed by atoms with E-state index in [9.17, 15) is 9.59 Å². The van der Waals surface area contributed by atoms with Gasteiger partial charge in [-0.15, -0.1) is 0 Å². The van der Waals surface area contributed by atoms with Crippen LogP contribution in [0.4, 0.5) is 0 Å². The van der Waals surface area contributed by atoms with Crippen molar-refractivity contribution in [2.45, 2.75) is 140 Å². The average Bonchev–Trinajstić information content (AvgIpc) is 3.13. The zero-order valence-electron chi connectivity index (χ0n) is 24.7. The molecule has 2 aliphatic heterocycles. The molecule has 0 amide bonds. The lowest BCUT2D eigenvalue weighted by Gasteiger charge is -2.36. The van der Waals surface area contributed by atoms with Crippen LogP contribution >= 0.6 is 0 Å². The van der Waals surface area contributed by atoms with Gasteiger partial charge in [0.2, 0.25) is 0 Å². The largest absolute Gasteiger partial charge is 0.464 e. The SMILES string of the molecule is CCCCC/C=C/CCCCCCCCCC(=O)OCC(C(=O)OC1C[C@H]2CC[C@@H](C1)N2C)c1ccccc1. The Hall–Kier alpha value is -2.14. The fourth-order valence-corrected chi connectivity index (χ4v) is 6.10. The zero-order valence-corrected chi connectivity index (χ0v) is 24.7. The lowest BCUT2D eigenvalue weighted by molar-refractivity contribution is -0.158. The highest BCUT2D eigenvalue weighted by Gasteiger charge is 2.40. The van der Waals surface area contributed by atoms with Gasteiger partial charge in [-0.05, 0) is 70.4 Å². The lowest BCUT2D eigenvalue weighted by Crippen LogP contribution is -2.44. The molecule has 39 heavy (non-hydrogen) atoms. The van der Waals surface area contributed by atoms with E-state index in [4.69, 9.17) is 9.47 Å². The number of fused-ring (bicyclic) bond motifs is 2. The van der Waals surface area contributed by atoms with Crippen molar-refractivity contribution >= 4 is 11.9 Å². The summed E-state index contributed by atoms with van der Waals surface area (Å²) in [6.45, 7) is 2.30. The molecule has 2 bridgehead atoms. The van der Waals surface area contributed by atoms with Gasteiger partial charge in [-0.3, -0.25) is 9.59 Å². The summed E-state index contributed by atoms with van der Waals surface area (Å²) in [7, 11) is 2.18. The first-order chi connectivity index (χ1) is 19.1. The fraction of sp³-hybridized carbons (Fsp3) is 0.706. The van der Waals surface area contributed by atoms with Gasteiger partial charge in [0.15, 0.2) is 0 Å². The van der Waals surface area contributed by atoms with Crippen LogP contribution in [-0.4, -0.2) is 48.7 Å². The number of hydrogen-bond acceptors (Lipinski definition) is 5. The Labute approximate surface area is 237 Å². The summed E-state index contributed by atoms with van der Waals surface area (Å²) in [5.41, 5.74) is 0.846. The summed E-state index contributed by atoms with van der Waals surface area (Å²) in [5, 5.41) is 0. The van der Waals surface area contributed by atoms with Crippen LogP contribution in [0.2, 0.25) is 0 Å². The van der Waals surface area contributed by atoms with Gasteiger partial charge in [0.25, 0.3) is 0 Å². The zero-order chi connectivity index (χ0) is 27.7. The molecule has 0 radical (unpaired) electrons. The number of hydrogen-bond donors (Lipinski definition) is 0. The maximum atomic E-state index is 13.2. The van der Waals surface area contributed by atoms with E-state index < -0.39 is 5.92 Å². The lowest BCUT2D eigenvalue weighted by atomic mass is 9.98. The molecular weight excluding hydrogens is 486 g/mol. The average molecular weight is 540 g/mol. The molecule has 0 aliphatic carbocycles. The summed E-state index contributed by atoms with van der Waals surface area (Å²) in [4.78, 5) is 28.1. The molecule has 1 aromatic carbocycles. The number of esters is 2. The van der Waals surface area contributed by atoms with Crippen LogP contribution in [0.5, 0.6) is 0 Å². The molecule has 218 valence electrons. The Morgan fingerprint density at radius 1 is 0.872 bits per heavy atom. The van der Waals surface area contributed by atoms with Gasteiger partial charge in [0, 0.05) is 18.5 Å². The van der Waals surface area contributed by atoms with Crippen LogP contribution in [0.25, 0.3) is 0 Å². The van der Waals surface area contributed by atoms with Crippen LogP contribution in [0.15, 0.2) is 42.5 Å². The summed E-state index contributed by atoms with van der Waals surface area (Å²) >= 11 is 0. The smallest absolute Gasteiger partial charge is 0.317 e. The monoisotopic (exact) mass is 539 g/mol. The number of allylic oxidation sites excluding steroid dienone is 2. The topological polar surface area (TPSA) is 55.8 Å². The van der Waals surface area contributed by atoms with Crippen LogP contribution in [-0.2, 0) is 19.1 Å². The van der Waals surface area contributed by atoms with Crippen LogP contribution in [0, 0.1) is 0 Å². The minimum absolute atomic E-state index is 0.0415. The number of nitrogens with zero attached hydrogens (tertiary/aromatic N) is 1. The highest BCUT2D eigenvalue weighted by Crippen LogP contribution is 2.36. The van der Waals surface area contributed by atoms with E-state index in [0.717, 1.165) is 37.7 Å². The molecule has 2 heterocycles. The predicted octanol–water partition coefficient (Wildman–Crippen LogP) is 8.13. The van der Waals surface area contributed by atoms with Crippen molar-refractivity contribution in [3.8, 4) is 0 Å². The molecule has 0 spiro atoms. The first kappa shape index (κ1) is 31.4. The number of rotatable bonds is 19. The second-order valence-corrected chi connectivity index (χ2v) is 11.7. The Balaban J connectivity index is 1.28. The molecule has 2 fully saturated rings. The second kappa shape index (κ2) is 18.3. The molecule has 0 N–H and O–H groups in total. The van der Waals surface area contributed by atoms with Crippen molar-refractivity contribution in [1.29, 1.82) is 0 Å². The van der Waals surface area contributed by atoms with Gasteiger partial charge in [-0.25, -0.2) is 0 Å². The normalized spacial score (nSPS) is 21.7. The summed E-state index contributed by atoms with van der Waals surface area (Å²) < 4.78 is 11.6. The van der Waals surface area contributed by atoms with Crippen molar-refractivity contribution < 1.29 is 19.1 Å². The van der Waals surface area contributed by atoms with Gasteiger partial charge in [-0.2, -0.15) is 0 Å². The van der Waals surface area contributed by atoms with Crippen molar-refractivity contribution in [2.75, 3.05) is 13.7 Å². The first-order valence-corrected chi connectivity index (χ1v) is 15.9. The van der Waals surface area contributed by atoms with E-state index in [2.05, 4.69) is 31.0 Å². The third kappa shape index (κ3) is 11.5. The highest BCUT2D eigenvalue weighted by atomic mass is 16.6. The van der Waals surface area contributed by atoms with E-state index in [-0.39, 0.29) is 24.6 Å². The quantitative estimate of drug-likeness (QED) is 0.101. The molecule has 4 atom stereocenters. The minimum atomic E-state index is -0.571. The van der Waals surface area contributed by atoms with Gasteiger partial charge >= 0.3 is 11.9 Å². The van der Waals surface area contributed by atoms with E-state index in [1.807, 2.05) is 30.3 Å². The van der Waals surface area contributed by atoms with Gasteiger partial charge in [0.05, 0.1) is 0 Å². The van der Waals surface area contributed by atoms with E-state index in [0.29, 0.717) is 18.5 Å². The Kier molecular flexibility index (Phi) is 14.7. The van der Waals surface area contributed by atoms with Crippen molar-refractivity contribution in [1.82, 2.24) is 4.90 Å². The Morgan fingerprint density at radius 3 is 2.10 bits per heavy atom. The van der Waals surface area contributed by atoms with E-state index >= 15 is 0 Å². The van der Waals surface area contributed by atoms with Gasteiger partial charge in [-0.1, -0.05) is 94.4 Å². The number of piperidine rings is 1. The van der Waals surface area contributed by atoms with Crippen molar-refractivity contribution in [3.63, 3.8) is 0 Å². The molecule has 5 heteroatoms. The second-order valence-electron chi connectivity index (χ2n) is 11.7. The molecule has 1 aromatic rings.